The normalized spacial score (nSPS) is 27.6. The Balaban J connectivity index is 1.82. The van der Waals surface area contributed by atoms with Gasteiger partial charge in [0.25, 0.3) is 0 Å². The SMILES string of the molecule is C/C=C(\C(F)=C(\F)CC)C1CCC(C(CC)CCCC2CCC2)CC1. The molecule has 25 heavy (non-hydrogen) atoms. The van der Waals surface area contributed by atoms with Crippen molar-refractivity contribution in [1.29, 1.82) is 0 Å². The molecule has 0 saturated heterocycles. The summed E-state index contributed by atoms with van der Waals surface area (Å²) in [6, 6.07) is 0. The molecule has 1 unspecified atom stereocenters. The number of allylic oxidation sites excluding steroid dienone is 4. The molecule has 0 aromatic heterocycles. The van der Waals surface area contributed by atoms with Crippen molar-refractivity contribution >= 4 is 0 Å². The number of hydrogen-bond acceptors (Lipinski definition) is 0. The average molecular weight is 353 g/mol. The summed E-state index contributed by atoms with van der Waals surface area (Å²) in [6.45, 7) is 5.85. The van der Waals surface area contributed by atoms with Gasteiger partial charge in [-0.3, -0.25) is 0 Å². The standard InChI is InChI=1S/C23H38F2/c1-4-18(12-8-11-17-9-7-10-17)19-13-15-20(16-14-19)21(5-2)23(25)22(24)6-3/h5,17-20H,4,6-16H2,1-3H3/b21-5-,23-22-. The molecule has 2 rings (SSSR count). The molecule has 2 heteroatoms. The van der Waals surface area contributed by atoms with Gasteiger partial charge in [0.15, 0.2) is 5.83 Å². The van der Waals surface area contributed by atoms with Crippen LogP contribution in [-0.2, 0) is 0 Å². The smallest absolute Gasteiger partial charge is 0.157 e. The molecule has 2 saturated carbocycles. The van der Waals surface area contributed by atoms with Crippen molar-refractivity contribution in [2.45, 2.75) is 97.8 Å². The monoisotopic (exact) mass is 352 g/mol. The van der Waals surface area contributed by atoms with Crippen LogP contribution in [0.25, 0.3) is 0 Å². The van der Waals surface area contributed by atoms with E-state index in [0.717, 1.165) is 30.6 Å². The van der Waals surface area contributed by atoms with Crippen LogP contribution in [0, 0.1) is 23.7 Å². The second kappa shape index (κ2) is 10.5. The van der Waals surface area contributed by atoms with Crippen LogP contribution in [0.3, 0.4) is 0 Å². The summed E-state index contributed by atoms with van der Waals surface area (Å²) in [4.78, 5) is 0. The van der Waals surface area contributed by atoms with Crippen LogP contribution in [0.5, 0.6) is 0 Å². The highest BCUT2D eigenvalue weighted by Crippen LogP contribution is 2.42. The summed E-state index contributed by atoms with van der Waals surface area (Å²) < 4.78 is 28.0. The maximum atomic E-state index is 14.3. The Kier molecular flexibility index (Phi) is 8.66. The minimum absolute atomic E-state index is 0.150. The third kappa shape index (κ3) is 5.66. The Morgan fingerprint density at radius 1 is 1.04 bits per heavy atom. The van der Waals surface area contributed by atoms with Gasteiger partial charge >= 0.3 is 0 Å². The Bertz CT molecular complexity index is 451. The highest BCUT2D eigenvalue weighted by molar-refractivity contribution is 5.29. The molecule has 144 valence electrons. The largest absolute Gasteiger partial charge is 0.209 e. The summed E-state index contributed by atoms with van der Waals surface area (Å²) >= 11 is 0. The quantitative estimate of drug-likeness (QED) is 0.366. The molecule has 1 atom stereocenters. The minimum Gasteiger partial charge on any atom is -0.209 e. The second-order valence-electron chi connectivity index (χ2n) is 8.32. The van der Waals surface area contributed by atoms with E-state index in [9.17, 15) is 8.78 Å². The summed E-state index contributed by atoms with van der Waals surface area (Å²) in [5.41, 5.74) is 0.621. The van der Waals surface area contributed by atoms with Crippen molar-refractivity contribution in [3.05, 3.63) is 23.3 Å². The molecule has 0 aromatic carbocycles. The van der Waals surface area contributed by atoms with Crippen LogP contribution < -0.4 is 0 Å². The molecule has 0 aliphatic heterocycles. The summed E-state index contributed by atoms with van der Waals surface area (Å²) in [7, 11) is 0. The number of hydrogen-bond donors (Lipinski definition) is 0. The van der Waals surface area contributed by atoms with E-state index in [4.69, 9.17) is 0 Å². The fourth-order valence-electron chi connectivity index (χ4n) is 4.98. The van der Waals surface area contributed by atoms with Gasteiger partial charge in [-0.2, -0.15) is 0 Å². The zero-order valence-electron chi connectivity index (χ0n) is 16.6. The molecule has 0 aromatic rings. The molecule has 0 amide bonds. The Hall–Kier alpha value is -0.660. The Morgan fingerprint density at radius 2 is 1.72 bits per heavy atom. The van der Waals surface area contributed by atoms with Gasteiger partial charge in [0, 0.05) is 0 Å². The predicted molar refractivity (Wildman–Crippen MR) is 104 cm³/mol. The Morgan fingerprint density at radius 3 is 2.20 bits per heavy atom. The average Bonchev–Trinajstić information content (AvgIpc) is 2.61. The van der Waals surface area contributed by atoms with Crippen molar-refractivity contribution < 1.29 is 8.78 Å². The molecular formula is C23H38F2. The summed E-state index contributed by atoms with van der Waals surface area (Å²) in [5.74, 6) is 1.70. The van der Waals surface area contributed by atoms with Crippen LogP contribution >= 0.6 is 0 Å². The lowest BCUT2D eigenvalue weighted by Crippen LogP contribution is -2.23. The zero-order chi connectivity index (χ0) is 18.2. The molecule has 0 spiro atoms. The lowest BCUT2D eigenvalue weighted by molar-refractivity contribution is 0.192. The van der Waals surface area contributed by atoms with E-state index in [2.05, 4.69) is 6.92 Å². The Labute approximate surface area is 154 Å². The van der Waals surface area contributed by atoms with E-state index >= 15 is 0 Å². The van der Waals surface area contributed by atoms with Crippen molar-refractivity contribution in [1.82, 2.24) is 0 Å². The summed E-state index contributed by atoms with van der Waals surface area (Å²) in [5, 5.41) is 0. The molecule has 0 bridgehead atoms. The van der Waals surface area contributed by atoms with Gasteiger partial charge in [-0.15, -0.1) is 0 Å². The topological polar surface area (TPSA) is 0 Å². The highest BCUT2D eigenvalue weighted by atomic mass is 19.2. The van der Waals surface area contributed by atoms with Crippen LogP contribution in [0.2, 0.25) is 0 Å². The number of rotatable bonds is 9. The third-order valence-electron chi connectivity index (χ3n) is 6.93. The lowest BCUT2D eigenvalue weighted by atomic mass is 9.71. The maximum absolute atomic E-state index is 14.3. The predicted octanol–water partition coefficient (Wildman–Crippen LogP) is 8.30. The fraction of sp³-hybridized carbons (Fsp3) is 0.826. The fourth-order valence-corrected chi connectivity index (χ4v) is 4.98. The van der Waals surface area contributed by atoms with Crippen molar-refractivity contribution in [3.63, 3.8) is 0 Å². The molecule has 2 fully saturated rings. The third-order valence-corrected chi connectivity index (χ3v) is 6.93. The van der Waals surface area contributed by atoms with Crippen LogP contribution in [0.1, 0.15) is 97.8 Å². The van der Waals surface area contributed by atoms with Crippen molar-refractivity contribution in [3.8, 4) is 0 Å². The van der Waals surface area contributed by atoms with E-state index in [1.54, 1.807) is 13.0 Å². The minimum atomic E-state index is -0.586. The van der Waals surface area contributed by atoms with Crippen LogP contribution in [0.4, 0.5) is 8.78 Å². The van der Waals surface area contributed by atoms with Gasteiger partial charge in [-0.25, -0.2) is 8.78 Å². The molecule has 0 N–H and O–H groups in total. The lowest BCUT2D eigenvalue weighted by Gasteiger charge is -2.35. The van der Waals surface area contributed by atoms with Gasteiger partial charge in [-0.1, -0.05) is 64.9 Å². The molecule has 2 aliphatic carbocycles. The molecular weight excluding hydrogens is 314 g/mol. The van der Waals surface area contributed by atoms with E-state index in [1.807, 2.05) is 6.92 Å². The van der Waals surface area contributed by atoms with Gasteiger partial charge in [0.05, 0.1) is 0 Å². The first-order valence-electron chi connectivity index (χ1n) is 10.8. The van der Waals surface area contributed by atoms with Crippen LogP contribution in [0.15, 0.2) is 23.3 Å². The molecule has 2 aliphatic rings. The first-order valence-corrected chi connectivity index (χ1v) is 10.8. The highest BCUT2D eigenvalue weighted by Gasteiger charge is 2.30. The second-order valence-corrected chi connectivity index (χ2v) is 8.32. The van der Waals surface area contributed by atoms with Crippen LogP contribution in [-0.4, -0.2) is 0 Å². The van der Waals surface area contributed by atoms with Crippen molar-refractivity contribution in [2.24, 2.45) is 23.7 Å². The van der Waals surface area contributed by atoms with Gasteiger partial charge < -0.3 is 0 Å². The summed E-state index contributed by atoms with van der Waals surface area (Å²) in [6.07, 6.45) is 16.2. The van der Waals surface area contributed by atoms with E-state index in [1.165, 1.54) is 57.8 Å². The first kappa shape index (κ1) is 20.6. The van der Waals surface area contributed by atoms with E-state index in [-0.39, 0.29) is 12.3 Å². The molecule has 0 heterocycles. The number of halogens is 2. The maximum Gasteiger partial charge on any atom is 0.157 e. The van der Waals surface area contributed by atoms with Crippen molar-refractivity contribution in [2.75, 3.05) is 0 Å². The van der Waals surface area contributed by atoms with Gasteiger partial charge in [-0.05, 0) is 68.3 Å². The zero-order valence-corrected chi connectivity index (χ0v) is 16.6. The van der Waals surface area contributed by atoms with Gasteiger partial charge in [0.2, 0.25) is 0 Å². The molecule has 0 radical (unpaired) electrons. The van der Waals surface area contributed by atoms with Gasteiger partial charge in [0.1, 0.15) is 5.83 Å². The van der Waals surface area contributed by atoms with E-state index < -0.39 is 11.7 Å². The molecule has 0 nitrogen and oxygen atoms in total. The van der Waals surface area contributed by atoms with E-state index in [0.29, 0.717) is 5.57 Å². The first-order chi connectivity index (χ1) is 12.1.